The van der Waals surface area contributed by atoms with E-state index in [9.17, 15) is 0 Å². The summed E-state index contributed by atoms with van der Waals surface area (Å²) in [6.45, 7) is 0. The Morgan fingerprint density at radius 1 is 0.412 bits per heavy atom. The van der Waals surface area contributed by atoms with E-state index in [1.165, 1.54) is 33.4 Å². The van der Waals surface area contributed by atoms with Crippen LogP contribution in [-0.4, -0.2) is 9.97 Å². The van der Waals surface area contributed by atoms with Gasteiger partial charge in [0.15, 0.2) is 0 Å². The predicted octanol–water partition coefficient (Wildman–Crippen LogP) is 8.13. The van der Waals surface area contributed by atoms with Gasteiger partial charge in [0.25, 0.3) is 0 Å². The average molecular weight is 435 g/mol. The second-order valence-electron chi connectivity index (χ2n) is 8.33. The molecular weight excluding hydrogens is 412 g/mol. The Hall–Kier alpha value is -4.56. The third-order valence-corrected chi connectivity index (χ3v) is 6.21. The number of nitrogens with zero attached hydrogens (tertiary/aromatic N) is 2. The molecule has 6 aliphatic rings. The monoisotopic (exact) mass is 434 g/mol. The van der Waals surface area contributed by atoms with Gasteiger partial charge in [-0.25, -0.2) is 0 Å². The SMILES string of the molecule is C(=C\c1ccc2cccccc1-2)/c1ccc2c(/C=C/c3ccc4cccccc3-4)ncc-2cn1. The molecule has 0 aromatic rings. The van der Waals surface area contributed by atoms with Crippen LogP contribution in [0.25, 0.3) is 57.7 Å². The van der Waals surface area contributed by atoms with Gasteiger partial charge in [0.05, 0.1) is 11.4 Å². The largest absolute Gasteiger partial charge is 0.256 e. The van der Waals surface area contributed by atoms with E-state index in [1.807, 2.05) is 12.4 Å². The smallest absolute Gasteiger partial charge is 0.0709 e. The second kappa shape index (κ2) is 8.76. The quantitative estimate of drug-likeness (QED) is 0.280. The van der Waals surface area contributed by atoms with Crippen molar-refractivity contribution >= 4 is 24.3 Å². The molecule has 0 spiro atoms. The Morgan fingerprint density at radius 2 is 1.03 bits per heavy atom. The van der Waals surface area contributed by atoms with Gasteiger partial charge in [0.2, 0.25) is 0 Å². The van der Waals surface area contributed by atoms with Crippen LogP contribution < -0.4 is 0 Å². The summed E-state index contributed by atoms with van der Waals surface area (Å²) >= 11 is 0. The maximum Gasteiger partial charge on any atom is 0.0709 e. The molecule has 2 heterocycles. The number of rotatable bonds is 4. The summed E-state index contributed by atoms with van der Waals surface area (Å²) in [5.74, 6) is 0. The fraction of sp³-hybridized carbons (Fsp3) is 0. The van der Waals surface area contributed by atoms with E-state index < -0.39 is 0 Å². The minimum atomic E-state index is 0.912. The molecule has 0 radical (unpaired) electrons. The van der Waals surface area contributed by atoms with Gasteiger partial charge in [0, 0.05) is 23.5 Å². The molecule has 0 bridgehead atoms. The molecule has 0 unspecified atom stereocenters. The molecule has 2 heteroatoms. The molecular formula is C32H22N2. The van der Waals surface area contributed by atoms with Crippen molar-refractivity contribution in [3.05, 3.63) is 132 Å². The summed E-state index contributed by atoms with van der Waals surface area (Å²) in [6.07, 6.45) is 12.2. The molecule has 0 fully saturated rings. The molecule has 0 aromatic carbocycles. The van der Waals surface area contributed by atoms with Gasteiger partial charge in [-0.2, -0.15) is 0 Å². The van der Waals surface area contributed by atoms with Crippen LogP contribution in [0.1, 0.15) is 22.5 Å². The summed E-state index contributed by atoms with van der Waals surface area (Å²) in [6, 6.07) is 33.8. The van der Waals surface area contributed by atoms with Crippen molar-refractivity contribution in [3.8, 4) is 33.4 Å². The molecule has 0 N–H and O–H groups in total. The van der Waals surface area contributed by atoms with Gasteiger partial charge in [-0.05, 0) is 57.7 Å². The molecule has 6 rings (SSSR count). The lowest BCUT2D eigenvalue weighted by molar-refractivity contribution is 1.33. The van der Waals surface area contributed by atoms with Crippen LogP contribution in [0.4, 0.5) is 0 Å². The lowest BCUT2D eigenvalue weighted by Crippen LogP contribution is -1.75. The maximum atomic E-state index is 4.68. The zero-order valence-corrected chi connectivity index (χ0v) is 18.6. The third-order valence-electron chi connectivity index (χ3n) is 6.21. The van der Waals surface area contributed by atoms with E-state index in [4.69, 9.17) is 0 Å². The van der Waals surface area contributed by atoms with Gasteiger partial charge in [-0.3, -0.25) is 9.97 Å². The first kappa shape index (κ1) is 20.1. The van der Waals surface area contributed by atoms with Crippen molar-refractivity contribution in [2.45, 2.75) is 0 Å². The molecule has 0 saturated heterocycles. The van der Waals surface area contributed by atoms with Crippen LogP contribution in [0.3, 0.4) is 0 Å². The molecule has 0 aromatic heterocycles. The average Bonchev–Trinajstić information content (AvgIpc) is 3.34. The normalized spacial score (nSPS) is 11.9. The Balaban J connectivity index is 1.28. The minimum absolute atomic E-state index is 0.912. The number of aromatic nitrogens is 2. The Kier molecular flexibility index (Phi) is 5.17. The summed E-state index contributed by atoms with van der Waals surface area (Å²) in [5.41, 5.74) is 11.3. The first-order chi connectivity index (χ1) is 16.8. The standard InChI is InChI=1S/C32H22N2/c1-3-7-23-11-13-25(29(23)9-5-1)15-17-28-18-19-31-27(21-33-28)22-34-32(31)20-16-26-14-12-24-8-4-2-6-10-30(24)26/h1-22H/b17-15+,20-16+. The molecule has 34 heavy (non-hydrogen) atoms. The van der Waals surface area contributed by atoms with Crippen LogP contribution in [0.15, 0.2) is 109 Å². The van der Waals surface area contributed by atoms with E-state index in [-0.39, 0.29) is 0 Å². The highest BCUT2D eigenvalue weighted by atomic mass is 14.7. The van der Waals surface area contributed by atoms with Crippen molar-refractivity contribution in [2.24, 2.45) is 0 Å². The van der Waals surface area contributed by atoms with Gasteiger partial charge in [-0.1, -0.05) is 97.1 Å². The van der Waals surface area contributed by atoms with Gasteiger partial charge < -0.3 is 0 Å². The van der Waals surface area contributed by atoms with Crippen LogP contribution in [0.2, 0.25) is 0 Å². The topological polar surface area (TPSA) is 25.8 Å². The highest BCUT2D eigenvalue weighted by molar-refractivity contribution is 5.86. The highest BCUT2D eigenvalue weighted by Gasteiger charge is 2.10. The molecule has 0 amide bonds. The number of hydrogen-bond acceptors (Lipinski definition) is 2. The van der Waals surface area contributed by atoms with Crippen molar-refractivity contribution in [2.75, 3.05) is 0 Å². The molecule has 160 valence electrons. The minimum Gasteiger partial charge on any atom is -0.256 e. The highest BCUT2D eigenvalue weighted by Crippen LogP contribution is 2.31. The van der Waals surface area contributed by atoms with Crippen LogP contribution >= 0.6 is 0 Å². The van der Waals surface area contributed by atoms with Crippen LogP contribution in [0.5, 0.6) is 0 Å². The number of fused-ring (bicyclic) bond motifs is 3. The van der Waals surface area contributed by atoms with E-state index in [2.05, 4.69) is 131 Å². The molecule has 2 aliphatic heterocycles. The first-order valence-corrected chi connectivity index (χ1v) is 11.4. The zero-order valence-electron chi connectivity index (χ0n) is 18.6. The van der Waals surface area contributed by atoms with E-state index in [1.54, 1.807) is 0 Å². The summed E-state index contributed by atoms with van der Waals surface area (Å²) in [7, 11) is 0. The fourth-order valence-electron chi connectivity index (χ4n) is 4.41. The Labute approximate surface area is 199 Å². The van der Waals surface area contributed by atoms with Crippen molar-refractivity contribution in [1.29, 1.82) is 0 Å². The lowest BCUT2D eigenvalue weighted by Gasteiger charge is -1.96. The van der Waals surface area contributed by atoms with Crippen LogP contribution in [0, 0.1) is 0 Å². The van der Waals surface area contributed by atoms with E-state index >= 15 is 0 Å². The number of hydrogen-bond donors (Lipinski definition) is 0. The first-order valence-electron chi connectivity index (χ1n) is 11.4. The summed E-state index contributed by atoms with van der Waals surface area (Å²) in [5, 5.41) is 0. The molecule has 2 nitrogen and oxygen atoms in total. The Bertz CT molecular complexity index is 1560. The van der Waals surface area contributed by atoms with Crippen molar-refractivity contribution in [3.63, 3.8) is 0 Å². The predicted molar refractivity (Wildman–Crippen MR) is 143 cm³/mol. The summed E-state index contributed by atoms with van der Waals surface area (Å²) in [4.78, 5) is 9.31. The molecule has 0 saturated carbocycles. The second-order valence-corrected chi connectivity index (χ2v) is 8.33. The Morgan fingerprint density at radius 3 is 1.74 bits per heavy atom. The van der Waals surface area contributed by atoms with E-state index in [0.717, 1.165) is 22.5 Å². The van der Waals surface area contributed by atoms with Crippen molar-refractivity contribution < 1.29 is 0 Å². The van der Waals surface area contributed by atoms with E-state index in [0.29, 0.717) is 0 Å². The van der Waals surface area contributed by atoms with Gasteiger partial charge in [-0.15, -0.1) is 0 Å². The third kappa shape index (κ3) is 3.87. The fourth-order valence-corrected chi connectivity index (χ4v) is 4.41. The van der Waals surface area contributed by atoms with Gasteiger partial charge >= 0.3 is 0 Å². The molecule has 4 aliphatic carbocycles. The van der Waals surface area contributed by atoms with Gasteiger partial charge in [0.1, 0.15) is 0 Å². The lowest BCUT2D eigenvalue weighted by atomic mass is 10.1. The zero-order chi connectivity index (χ0) is 22.7. The van der Waals surface area contributed by atoms with Crippen LogP contribution in [-0.2, 0) is 0 Å². The maximum absolute atomic E-state index is 4.68. The summed E-state index contributed by atoms with van der Waals surface area (Å²) < 4.78 is 0. The molecule has 0 atom stereocenters. The van der Waals surface area contributed by atoms with Crippen molar-refractivity contribution in [1.82, 2.24) is 9.97 Å².